The first kappa shape index (κ1) is 14.9. The molecular weight excluding hydrogens is 309 g/mol. The molecule has 0 bridgehead atoms. The van der Waals surface area contributed by atoms with Gasteiger partial charge in [0.1, 0.15) is 11.3 Å². The van der Waals surface area contributed by atoms with Gasteiger partial charge in [0.15, 0.2) is 11.6 Å². The van der Waals surface area contributed by atoms with Crippen molar-refractivity contribution in [2.24, 2.45) is 0 Å². The van der Waals surface area contributed by atoms with E-state index in [4.69, 9.17) is 0 Å². The summed E-state index contributed by atoms with van der Waals surface area (Å²) in [6.07, 6.45) is 3.62. The van der Waals surface area contributed by atoms with Crippen molar-refractivity contribution in [2.45, 2.75) is 6.92 Å². The van der Waals surface area contributed by atoms with E-state index in [1.54, 1.807) is 23.9 Å². The van der Waals surface area contributed by atoms with Gasteiger partial charge in [-0.1, -0.05) is 0 Å². The third-order valence-corrected chi connectivity index (χ3v) is 4.30. The molecule has 0 aliphatic carbocycles. The molecule has 2 aromatic heterocycles. The highest BCUT2D eigenvalue weighted by molar-refractivity contribution is 5.80. The Bertz CT molecular complexity index is 878. The number of fused-ring (bicyclic) bond motifs is 1. The number of halogens is 1. The number of anilines is 1. The second-order valence-corrected chi connectivity index (χ2v) is 6.01. The molecule has 4 rings (SSSR count). The lowest BCUT2D eigenvalue weighted by atomic mass is 10.2. The molecular formula is C17H18FN5O. The Morgan fingerprint density at radius 2 is 2.00 bits per heavy atom. The number of phenolic OH excluding ortho intramolecular Hbond substituents is 1. The molecule has 1 aliphatic rings. The minimum absolute atomic E-state index is 0.371. The Hall–Kier alpha value is -2.67. The van der Waals surface area contributed by atoms with Crippen molar-refractivity contribution in [3.05, 3.63) is 42.0 Å². The van der Waals surface area contributed by atoms with Gasteiger partial charge in [0.2, 0.25) is 0 Å². The number of phenols is 1. The topological polar surface area (TPSA) is 66.2 Å². The van der Waals surface area contributed by atoms with E-state index in [2.05, 4.69) is 20.3 Å². The summed E-state index contributed by atoms with van der Waals surface area (Å²) in [5.41, 5.74) is 1.76. The number of rotatable bonds is 2. The molecule has 0 spiro atoms. The monoisotopic (exact) mass is 327 g/mol. The Kier molecular flexibility index (Phi) is 3.57. The summed E-state index contributed by atoms with van der Waals surface area (Å²) in [5.74, 6) is -0.0380. The number of nitrogens with zero attached hydrogens (tertiary/aromatic N) is 4. The maximum atomic E-state index is 13.6. The van der Waals surface area contributed by atoms with Gasteiger partial charge in [-0.15, -0.1) is 0 Å². The van der Waals surface area contributed by atoms with E-state index >= 15 is 0 Å². The van der Waals surface area contributed by atoms with Gasteiger partial charge >= 0.3 is 0 Å². The standard InChI is InChI=1S/C17H18FN5O/c1-11-6-13(8-15(24)17(11)18)23-10-12-7-16(20-9-14(12)21-23)22-4-2-19-3-5-22/h6-10,19,24H,2-5H2,1H3. The summed E-state index contributed by atoms with van der Waals surface area (Å²) in [5, 5.41) is 18.4. The first-order valence-electron chi connectivity index (χ1n) is 7.92. The number of aromatic hydroxyl groups is 1. The number of nitrogens with one attached hydrogen (secondary N) is 1. The number of aromatic nitrogens is 3. The van der Waals surface area contributed by atoms with Crippen molar-refractivity contribution in [3.8, 4) is 11.4 Å². The highest BCUT2D eigenvalue weighted by Gasteiger charge is 2.14. The Morgan fingerprint density at radius 3 is 2.75 bits per heavy atom. The number of hydrogen-bond acceptors (Lipinski definition) is 5. The summed E-state index contributed by atoms with van der Waals surface area (Å²) in [4.78, 5) is 6.74. The molecule has 0 saturated carbocycles. The van der Waals surface area contributed by atoms with Crippen LogP contribution in [-0.2, 0) is 0 Å². The predicted octanol–water partition coefficient (Wildman–Crippen LogP) is 1.98. The molecule has 2 N–H and O–H groups in total. The number of aryl methyl sites for hydroxylation is 1. The molecule has 24 heavy (non-hydrogen) atoms. The Morgan fingerprint density at radius 1 is 1.21 bits per heavy atom. The van der Waals surface area contributed by atoms with E-state index in [0.717, 1.165) is 42.9 Å². The highest BCUT2D eigenvalue weighted by Crippen LogP contribution is 2.25. The van der Waals surface area contributed by atoms with Crippen LogP contribution in [0.5, 0.6) is 5.75 Å². The van der Waals surface area contributed by atoms with E-state index in [0.29, 0.717) is 11.3 Å². The fourth-order valence-corrected chi connectivity index (χ4v) is 2.98. The van der Waals surface area contributed by atoms with Gasteiger partial charge in [-0.25, -0.2) is 14.1 Å². The average molecular weight is 327 g/mol. The fraction of sp³-hybridized carbons (Fsp3) is 0.294. The summed E-state index contributed by atoms with van der Waals surface area (Å²) < 4.78 is 15.2. The zero-order chi connectivity index (χ0) is 16.7. The maximum Gasteiger partial charge on any atom is 0.167 e. The smallest absolute Gasteiger partial charge is 0.167 e. The Balaban J connectivity index is 1.73. The van der Waals surface area contributed by atoms with Gasteiger partial charge in [0.25, 0.3) is 0 Å². The molecule has 1 fully saturated rings. The third-order valence-electron chi connectivity index (χ3n) is 4.30. The van der Waals surface area contributed by atoms with Crippen LogP contribution in [0.25, 0.3) is 16.6 Å². The summed E-state index contributed by atoms with van der Waals surface area (Å²) in [6, 6.07) is 5.05. The van der Waals surface area contributed by atoms with Crippen molar-refractivity contribution >= 4 is 16.7 Å². The molecule has 6 nitrogen and oxygen atoms in total. The van der Waals surface area contributed by atoms with E-state index in [1.165, 1.54) is 6.07 Å². The van der Waals surface area contributed by atoms with E-state index in [-0.39, 0.29) is 5.75 Å². The molecule has 0 amide bonds. The van der Waals surface area contributed by atoms with Crippen LogP contribution in [0.1, 0.15) is 5.56 Å². The maximum absolute atomic E-state index is 13.6. The van der Waals surface area contributed by atoms with Crippen LogP contribution >= 0.6 is 0 Å². The van der Waals surface area contributed by atoms with Crippen LogP contribution < -0.4 is 10.2 Å². The van der Waals surface area contributed by atoms with Crippen molar-refractivity contribution in [1.82, 2.24) is 20.1 Å². The molecule has 0 radical (unpaired) electrons. The van der Waals surface area contributed by atoms with Gasteiger partial charge in [-0.2, -0.15) is 5.10 Å². The number of piperazine rings is 1. The van der Waals surface area contributed by atoms with Gasteiger partial charge < -0.3 is 15.3 Å². The molecule has 1 aliphatic heterocycles. The summed E-state index contributed by atoms with van der Waals surface area (Å²) in [6.45, 7) is 5.38. The fourth-order valence-electron chi connectivity index (χ4n) is 2.98. The Labute approximate surface area is 138 Å². The van der Waals surface area contributed by atoms with Crippen molar-refractivity contribution in [2.75, 3.05) is 31.1 Å². The van der Waals surface area contributed by atoms with E-state index in [9.17, 15) is 9.50 Å². The third kappa shape index (κ3) is 2.56. The van der Waals surface area contributed by atoms with E-state index < -0.39 is 5.82 Å². The van der Waals surface area contributed by atoms with E-state index in [1.807, 2.05) is 12.3 Å². The minimum atomic E-state index is -0.599. The average Bonchev–Trinajstić information content (AvgIpc) is 3.03. The molecule has 0 unspecified atom stereocenters. The number of benzene rings is 1. The van der Waals surface area contributed by atoms with Crippen molar-refractivity contribution in [1.29, 1.82) is 0 Å². The number of pyridine rings is 1. The van der Waals surface area contributed by atoms with Crippen LogP contribution in [0.4, 0.5) is 10.2 Å². The lowest BCUT2D eigenvalue weighted by Crippen LogP contribution is -2.43. The highest BCUT2D eigenvalue weighted by atomic mass is 19.1. The SMILES string of the molecule is Cc1cc(-n2cc3cc(N4CCNCC4)ncc3n2)cc(O)c1F. The quantitative estimate of drug-likeness (QED) is 0.753. The zero-order valence-corrected chi connectivity index (χ0v) is 13.3. The lowest BCUT2D eigenvalue weighted by molar-refractivity contribution is 0.429. The summed E-state index contributed by atoms with van der Waals surface area (Å²) >= 11 is 0. The van der Waals surface area contributed by atoms with Crippen LogP contribution in [0.2, 0.25) is 0 Å². The van der Waals surface area contributed by atoms with Crippen molar-refractivity contribution < 1.29 is 9.50 Å². The normalized spacial score (nSPS) is 15.2. The van der Waals surface area contributed by atoms with Crippen LogP contribution in [0, 0.1) is 12.7 Å². The molecule has 1 saturated heterocycles. The van der Waals surface area contributed by atoms with Gasteiger partial charge in [-0.3, -0.25) is 0 Å². The number of hydrogen-bond donors (Lipinski definition) is 2. The minimum Gasteiger partial charge on any atom is -0.505 e. The lowest BCUT2D eigenvalue weighted by Gasteiger charge is -2.28. The molecule has 124 valence electrons. The molecule has 0 atom stereocenters. The second-order valence-electron chi connectivity index (χ2n) is 6.01. The largest absolute Gasteiger partial charge is 0.505 e. The molecule has 7 heteroatoms. The predicted molar refractivity (Wildman–Crippen MR) is 90.3 cm³/mol. The summed E-state index contributed by atoms with van der Waals surface area (Å²) in [7, 11) is 0. The first-order chi connectivity index (χ1) is 11.6. The van der Waals surface area contributed by atoms with Crippen LogP contribution in [0.3, 0.4) is 0 Å². The molecule has 3 aromatic rings. The second kappa shape index (κ2) is 5.76. The molecule has 3 heterocycles. The molecule has 1 aromatic carbocycles. The van der Waals surface area contributed by atoms with Crippen LogP contribution in [0.15, 0.2) is 30.6 Å². The van der Waals surface area contributed by atoms with Gasteiger partial charge in [-0.05, 0) is 24.6 Å². The zero-order valence-electron chi connectivity index (χ0n) is 13.3. The van der Waals surface area contributed by atoms with Crippen molar-refractivity contribution in [3.63, 3.8) is 0 Å². The first-order valence-corrected chi connectivity index (χ1v) is 7.92. The van der Waals surface area contributed by atoms with Gasteiger partial charge in [0.05, 0.1) is 11.9 Å². The van der Waals surface area contributed by atoms with Crippen LogP contribution in [-0.4, -0.2) is 46.1 Å². The van der Waals surface area contributed by atoms with Gasteiger partial charge in [0, 0.05) is 43.8 Å².